The van der Waals surface area contributed by atoms with Crippen LogP contribution >= 0.6 is 0 Å². The van der Waals surface area contributed by atoms with E-state index in [1.165, 1.54) is 105 Å². The van der Waals surface area contributed by atoms with Gasteiger partial charge in [0.1, 0.15) is 0 Å². The van der Waals surface area contributed by atoms with Gasteiger partial charge in [0.2, 0.25) is 0 Å². The summed E-state index contributed by atoms with van der Waals surface area (Å²) in [6.07, 6.45) is 0. The van der Waals surface area contributed by atoms with E-state index in [0.717, 1.165) is 16.9 Å². The summed E-state index contributed by atoms with van der Waals surface area (Å²) < 4.78 is 7.71. The number of rotatable bonds is 2. The maximum atomic E-state index is 2.61. The first-order valence-electron chi connectivity index (χ1n) is 23.8. The lowest BCUT2D eigenvalue weighted by Gasteiger charge is -2.42. The van der Waals surface area contributed by atoms with Crippen molar-refractivity contribution in [1.82, 2.24) is 13.7 Å². The number of hydrogen-bond donors (Lipinski definition) is 0. The Kier molecular flexibility index (Phi) is 7.56. The minimum atomic E-state index is -0.232. The van der Waals surface area contributed by atoms with Crippen LogP contribution in [0.3, 0.4) is 0 Å². The second-order valence-electron chi connectivity index (χ2n) is 20.6. The highest BCUT2D eigenvalue weighted by molar-refractivity contribution is 6.16. The first-order chi connectivity index (χ1) is 32.5. The third-order valence-electron chi connectivity index (χ3n) is 16.0. The van der Waals surface area contributed by atoms with Gasteiger partial charge in [0, 0.05) is 49.2 Å². The molecule has 0 amide bonds. The van der Waals surface area contributed by atoms with E-state index in [9.17, 15) is 0 Å². The van der Waals surface area contributed by atoms with Crippen LogP contribution in [0.25, 0.3) is 71.7 Å². The fourth-order valence-corrected chi connectivity index (χ4v) is 12.8. The molecule has 0 fully saturated rings. The molecule has 0 unspecified atom stereocenters. The van der Waals surface area contributed by atoms with E-state index in [0.29, 0.717) is 0 Å². The van der Waals surface area contributed by atoms with Gasteiger partial charge in [0.25, 0.3) is 0 Å². The second kappa shape index (κ2) is 13.2. The third-order valence-corrected chi connectivity index (χ3v) is 16.0. The highest BCUT2D eigenvalue weighted by Gasteiger charge is 2.39. The van der Waals surface area contributed by atoms with Crippen LogP contribution in [0.2, 0.25) is 0 Å². The van der Waals surface area contributed by atoms with Crippen molar-refractivity contribution in [2.24, 2.45) is 0 Å². The summed E-state index contributed by atoms with van der Waals surface area (Å²) in [5, 5.41) is 4.96. The van der Waals surface area contributed by atoms with Crippen molar-refractivity contribution in [1.29, 1.82) is 0 Å². The molecule has 11 aromatic rings. The van der Waals surface area contributed by atoms with Crippen LogP contribution in [0.1, 0.15) is 74.9 Å². The average molecular weight is 863 g/mol. The van der Waals surface area contributed by atoms with Gasteiger partial charge in [-0.15, -0.1) is 0 Å². The molecule has 0 aliphatic carbocycles. The van der Waals surface area contributed by atoms with Gasteiger partial charge in [-0.3, -0.25) is 0 Å². The van der Waals surface area contributed by atoms with E-state index in [1.54, 1.807) is 0 Å². The summed E-state index contributed by atoms with van der Waals surface area (Å²) in [6.45, 7) is 14.3. The van der Waals surface area contributed by atoms with E-state index in [2.05, 4.69) is 254 Å². The standard InChI is InChI=1S/C63H50N4/c1-61(2)45-22-8-13-29-52(45)65(53-30-14-9-23-46(53)61)40-35-33-39(34-36-40)64-51-28-12-7-19-41(51)44-37-57-58(38-56(44)64)67-55-32-16-11-25-48(55)63(5,6)50-27-18-21-43(60(50)67)42-20-17-26-49-59(42)66(57)54-31-15-10-24-47(54)62(49,3)4/h7-38H,1-6H3. The Hall–Kier alpha value is -7.82. The van der Waals surface area contributed by atoms with Gasteiger partial charge >= 0.3 is 0 Å². The number of benzene rings is 9. The molecule has 0 atom stereocenters. The molecule has 4 heteroatoms. The lowest BCUT2D eigenvalue weighted by molar-refractivity contribution is 0.627. The maximum absolute atomic E-state index is 2.61. The van der Waals surface area contributed by atoms with Crippen molar-refractivity contribution in [2.75, 3.05) is 4.90 Å². The van der Waals surface area contributed by atoms with Crippen molar-refractivity contribution < 1.29 is 0 Å². The predicted octanol–water partition coefficient (Wildman–Crippen LogP) is 16.3. The molecule has 0 radical (unpaired) electrons. The SMILES string of the molecule is CC1(C)c2ccccc2N(c2ccc(-n3c4ccccc4c4cc5c(cc43)n3c4c(cccc4c4cccc6c4n5-c4ccccc4C6(C)C)C(C)(C)c4ccccc4-3)cc2)c2ccccc21. The van der Waals surface area contributed by atoms with Crippen LogP contribution in [0.5, 0.6) is 0 Å². The second-order valence-corrected chi connectivity index (χ2v) is 20.6. The minimum absolute atomic E-state index is 0.119. The average Bonchev–Trinajstić information content (AvgIpc) is 3.67. The summed E-state index contributed by atoms with van der Waals surface area (Å²) >= 11 is 0. The summed E-state index contributed by atoms with van der Waals surface area (Å²) in [6, 6.07) is 73.2. The summed E-state index contributed by atoms with van der Waals surface area (Å²) in [5.74, 6) is 0. The largest absolute Gasteiger partial charge is 0.310 e. The zero-order chi connectivity index (χ0) is 45.1. The van der Waals surface area contributed by atoms with Gasteiger partial charge in [-0.1, -0.05) is 169 Å². The van der Waals surface area contributed by atoms with E-state index in [-0.39, 0.29) is 16.2 Å². The Morgan fingerprint density at radius 1 is 0.269 bits per heavy atom. The van der Waals surface area contributed by atoms with E-state index in [1.807, 2.05) is 0 Å². The molecule has 0 saturated carbocycles. The van der Waals surface area contributed by atoms with Crippen molar-refractivity contribution in [3.05, 3.63) is 228 Å². The fourth-order valence-electron chi connectivity index (χ4n) is 12.8. The predicted molar refractivity (Wildman–Crippen MR) is 281 cm³/mol. The monoisotopic (exact) mass is 862 g/mol. The van der Waals surface area contributed by atoms with Crippen LogP contribution in [0, 0.1) is 0 Å². The van der Waals surface area contributed by atoms with Gasteiger partial charge in [0.15, 0.2) is 0 Å². The summed E-state index contributed by atoms with van der Waals surface area (Å²) in [4.78, 5) is 2.45. The smallest absolute Gasteiger partial charge is 0.0724 e. The normalized spacial score (nSPS) is 15.6. The summed E-state index contributed by atoms with van der Waals surface area (Å²) in [5.41, 5.74) is 21.8. The molecule has 322 valence electrons. The molecule has 0 bridgehead atoms. The van der Waals surface area contributed by atoms with E-state index < -0.39 is 0 Å². The topological polar surface area (TPSA) is 18.0 Å². The van der Waals surface area contributed by atoms with Crippen LogP contribution in [0.4, 0.5) is 17.1 Å². The minimum Gasteiger partial charge on any atom is -0.310 e. The molecule has 67 heavy (non-hydrogen) atoms. The van der Waals surface area contributed by atoms with Crippen molar-refractivity contribution in [2.45, 2.75) is 57.8 Å². The van der Waals surface area contributed by atoms with Gasteiger partial charge in [0.05, 0.1) is 55.8 Å². The Labute approximate surface area is 390 Å². The molecule has 2 aromatic heterocycles. The van der Waals surface area contributed by atoms with Gasteiger partial charge in [-0.05, 0) is 100 Å². The molecule has 3 aliphatic heterocycles. The van der Waals surface area contributed by atoms with Gasteiger partial charge in [-0.25, -0.2) is 0 Å². The Bertz CT molecular complexity index is 3970. The molecule has 0 spiro atoms. The highest BCUT2D eigenvalue weighted by Crippen LogP contribution is 2.53. The third kappa shape index (κ3) is 4.92. The zero-order valence-corrected chi connectivity index (χ0v) is 38.8. The lowest BCUT2D eigenvalue weighted by atomic mass is 9.73. The van der Waals surface area contributed by atoms with Gasteiger partial charge in [-0.2, -0.15) is 0 Å². The molecular formula is C63H50N4. The van der Waals surface area contributed by atoms with Crippen LogP contribution in [0.15, 0.2) is 194 Å². The number of para-hydroxylation sites is 7. The quantitative estimate of drug-likeness (QED) is 0.169. The first-order valence-corrected chi connectivity index (χ1v) is 23.8. The van der Waals surface area contributed by atoms with Crippen molar-refractivity contribution in [3.63, 3.8) is 0 Å². The lowest BCUT2D eigenvalue weighted by Crippen LogP contribution is -2.30. The Balaban J connectivity index is 1.13. The van der Waals surface area contributed by atoms with Crippen molar-refractivity contribution in [3.8, 4) is 17.1 Å². The molecule has 3 aliphatic rings. The molecule has 14 rings (SSSR count). The van der Waals surface area contributed by atoms with E-state index in [4.69, 9.17) is 0 Å². The summed E-state index contributed by atoms with van der Waals surface area (Å²) in [7, 11) is 0. The molecule has 5 heterocycles. The van der Waals surface area contributed by atoms with Gasteiger partial charge < -0.3 is 18.6 Å². The first kappa shape index (κ1) is 38.4. The number of aromatic nitrogens is 3. The fraction of sp³-hybridized carbons (Fsp3) is 0.143. The molecule has 4 nitrogen and oxygen atoms in total. The number of nitrogens with zero attached hydrogens (tertiary/aromatic N) is 4. The van der Waals surface area contributed by atoms with E-state index >= 15 is 0 Å². The molecule has 9 aromatic carbocycles. The zero-order valence-electron chi connectivity index (χ0n) is 38.8. The highest BCUT2D eigenvalue weighted by atomic mass is 15.2. The number of hydrogen-bond acceptors (Lipinski definition) is 1. The Morgan fingerprint density at radius 2 is 0.657 bits per heavy atom. The molecule has 0 saturated heterocycles. The van der Waals surface area contributed by atoms with Crippen LogP contribution in [-0.4, -0.2) is 13.7 Å². The Morgan fingerprint density at radius 3 is 1.19 bits per heavy atom. The molecular weight excluding hydrogens is 813 g/mol. The maximum Gasteiger partial charge on any atom is 0.0724 e. The molecule has 0 N–H and O–H groups in total. The number of fused-ring (bicyclic) bond motifs is 13. The van der Waals surface area contributed by atoms with Crippen LogP contribution in [-0.2, 0) is 16.2 Å². The number of anilines is 3. The van der Waals surface area contributed by atoms with Crippen LogP contribution < -0.4 is 4.90 Å². The van der Waals surface area contributed by atoms with Crippen molar-refractivity contribution >= 4 is 71.7 Å².